The lowest BCUT2D eigenvalue weighted by Gasteiger charge is -2.26. The zero-order valence-electron chi connectivity index (χ0n) is 10.5. The zero-order valence-corrected chi connectivity index (χ0v) is 11.3. The fraction of sp³-hybridized carbons (Fsp3) is 0.917. The Bertz CT molecular complexity index is 249. The molecule has 4 heteroatoms. The highest BCUT2D eigenvalue weighted by Gasteiger charge is 2.17. The third-order valence-corrected chi connectivity index (χ3v) is 4.31. The Balaban J connectivity index is 1.68. The van der Waals surface area contributed by atoms with Crippen molar-refractivity contribution in [2.75, 3.05) is 33.2 Å². The summed E-state index contributed by atoms with van der Waals surface area (Å²) >= 11 is 1.96. The molecule has 0 aromatic rings. The van der Waals surface area contributed by atoms with Crippen LogP contribution in [0.4, 0.5) is 0 Å². The van der Waals surface area contributed by atoms with Gasteiger partial charge in [0.2, 0.25) is 0 Å². The van der Waals surface area contributed by atoms with Crippen LogP contribution in [0.1, 0.15) is 32.6 Å². The number of thioether (sulfide) groups is 1. The van der Waals surface area contributed by atoms with E-state index in [1.807, 2.05) is 11.8 Å². The smallest absolute Gasteiger partial charge is 0.0937 e. The van der Waals surface area contributed by atoms with E-state index >= 15 is 0 Å². The molecule has 0 N–H and O–H groups in total. The summed E-state index contributed by atoms with van der Waals surface area (Å²) in [5.74, 6) is 0. The van der Waals surface area contributed by atoms with Gasteiger partial charge in [0.25, 0.3) is 0 Å². The first-order valence-electron chi connectivity index (χ1n) is 6.41. The quantitative estimate of drug-likeness (QED) is 0.752. The van der Waals surface area contributed by atoms with Crippen LogP contribution >= 0.6 is 11.8 Å². The highest BCUT2D eigenvalue weighted by molar-refractivity contribution is 8.14. The first-order valence-corrected chi connectivity index (χ1v) is 7.29. The zero-order chi connectivity index (χ0) is 11.4. The SMILES string of the molecule is CC1CN(C)N=C(CCCN2CCCC2)S1. The van der Waals surface area contributed by atoms with Crippen LogP contribution in [0.5, 0.6) is 0 Å². The van der Waals surface area contributed by atoms with Crippen molar-refractivity contribution >= 4 is 16.8 Å². The molecule has 0 spiro atoms. The lowest BCUT2D eigenvalue weighted by molar-refractivity contribution is 0.333. The number of rotatable bonds is 4. The molecular weight excluding hydrogens is 218 g/mol. The van der Waals surface area contributed by atoms with Gasteiger partial charge in [-0.15, -0.1) is 11.8 Å². The number of likely N-dealkylation sites (tertiary alicyclic amines) is 1. The summed E-state index contributed by atoms with van der Waals surface area (Å²) in [5.41, 5.74) is 0. The van der Waals surface area contributed by atoms with Crippen LogP contribution < -0.4 is 0 Å². The van der Waals surface area contributed by atoms with Crippen molar-refractivity contribution in [2.45, 2.75) is 37.9 Å². The molecule has 2 aliphatic rings. The molecule has 0 radical (unpaired) electrons. The van der Waals surface area contributed by atoms with Crippen LogP contribution in [0.15, 0.2) is 5.10 Å². The van der Waals surface area contributed by atoms with Crippen molar-refractivity contribution in [3.8, 4) is 0 Å². The third-order valence-electron chi connectivity index (χ3n) is 3.20. The van der Waals surface area contributed by atoms with Crippen molar-refractivity contribution in [3.05, 3.63) is 0 Å². The third kappa shape index (κ3) is 3.67. The minimum atomic E-state index is 0.698. The van der Waals surface area contributed by atoms with Gasteiger partial charge in [-0.05, 0) is 45.3 Å². The van der Waals surface area contributed by atoms with E-state index in [9.17, 15) is 0 Å². The lowest BCUT2D eigenvalue weighted by atomic mass is 10.3. The number of hydrogen-bond acceptors (Lipinski definition) is 4. The second kappa shape index (κ2) is 5.92. The van der Waals surface area contributed by atoms with Gasteiger partial charge < -0.3 is 4.90 Å². The van der Waals surface area contributed by atoms with E-state index < -0.39 is 0 Å². The maximum absolute atomic E-state index is 4.59. The van der Waals surface area contributed by atoms with Crippen LogP contribution in [0.3, 0.4) is 0 Å². The normalized spacial score (nSPS) is 27.2. The van der Waals surface area contributed by atoms with Crippen LogP contribution in [-0.2, 0) is 0 Å². The van der Waals surface area contributed by atoms with E-state index in [0.717, 1.165) is 13.0 Å². The summed E-state index contributed by atoms with van der Waals surface area (Å²) in [5, 5.41) is 8.71. The van der Waals surface area contributed by atoms with Gasteiger partial charge >= 0.3 is 0 Å². The molecule has 0 amide bonds. The molecule has 1 fully saturated rings. The minimum Gasteiger partial charge on any atom is -0.303 e. The Morgan fingerprint density at radius 2 is 2.12 bits per heavy atom. The van der Waals surface area contributed by atoms with E-state index in [0.29, 0.717) is 5.25 Å². The Hall–Kier alpha value is -0.220. The number of nitrogens with zero attached hydrogens (tertiary/aromatic N) is 3. The van der Waals surface area contributed by atoms with Crippen molar-refractivity contribution < 1.29 is 0 Å². The summed E-state index contributed by atoms with van der Waals surface area (Å²) in [4.78, 5) is 2.58. The topological polar surface area (TPSA) is 18.8 Å². The fourth-order valence-corrected chi connectivity index (χ4v) is 3.67. The molecule has 2 heterocycles. The molecule has 1 atom stereocenters. The van der Waals surface area contributed by atoms with Gasteiger partial charge in [-0.3, -0.25) is 5.01 Å². The molecule has 3 nitrogen and oxygen atoms in total. The molecule has 0 bridgehead atoms. The molecule has 0 saturated carbocycles. The van der Waals surface area contributed by atoms with Crippen molar-refractivity contribution in [1.82, 2.24) is 9.91 Å². The number of hydrazone groups is 1. The lowest BCUT2D eigenvalue weighted by Crippen LogP contribution is -2.28. The predicted molar refractivity (Wildman–Crippen MR) is 72.0 cm³/mol. The van der Waals surface area contributed by atoms with E-state index in [4.69, 9.17) is 0 Å². The number of hydrogen-bond donors (Lipinski definition) is 0. The largest absolute Gasteiger partial charge is 0.303 e. The molecule has 2 aliphatic heterocycles. The van der Waals surface area contributed by atoms with Gasteiger partial charge in [0.15, 0.2) is 0 Å². The van der Waals surface area contributed by atoms with E-state index in [1.54, 1.807) is 0 Å². The Labute approximate surface area is 103 Å². The summed E-state index contributed by atoms with van der Waals surface area (Å²) in [6.07, 6.45) is 5.23. The van der Waals surface area contributed by atoms with Gasteiger partial charge in [-0.25, -0.2) is 0 Å². The van der Waals surface area contributed by atoms with E-state index in [1.165, 1.54) is 43.9 Å². The second-order valence-corrected chi connectivity index (χ2v) is 6.43. The van der Waals surface area contributed by atoms with Crippen molar-refractivity contribution in [1.29, 1.82) is 0 Å². The maximum Gasteiger partial charge on any atom is 0.0937 e. The monoisotopic (exact) mass is 241 g/mol. The molecule has 0 aliphatic carbocycles. The highest BCUT2D eigenvalue weighted by atomic mass is 32.2. The van der Waals surface area contributed by atoms with Gasteiger partial charge in [0.05, 0.1) is 5.04 Å². The molecular formula is C12H23N3S. The average Bonchev–Trinajstić information content (AvgIpc) is 2.69. The van der Waals surface area contributed by atoms with Crippen LogP contribution in [0, 0.1) is 0 Å². The standard InChI is InChI=1S/C12H23N3S/c1-11-10-14(2)13-12(16-11)6-5-9-15-7-3-4-8-15/h11H,3-10H2,1-2H3. The van der Waals surface area contributed by atoms with Gasteiger partial charge in [0, 0.05) is 18.8 Å². The summed E-state index contributed by atoms with van der Waals surface area (Å²) in [7, 11) is 2.08. The Morgan fingerprint density at radius 3 is 2.81 bits per heavy atom. The van der Waals surface area contributed by atoms with Gasteiger partial charge in [-0.2, -0.15) is 5.10 Å². The summed E-state index contributed by atoms with van der Waals surface area (Å²) in [6, 6.07) is 0. The predicted octanol–water partition coefficient (Wildman–Crippen LogP) is 2.24. The molecule has 1 saturated heterocycles. The second-order valence-electron chi connectivity index (χ2n) is 4.91. The molecule has 2 rings (SSSR count). The fourth-order valence-electron chi connectivity index (χ4n) is 2.47. The first kappa shape index (κ1) is 12.2. The molecule has 16 heavy (non-hydrogen) atoms. The first-order chi connectivity index (χ1) is 7.74. The molecule has 92 valence electrons. The minimum absolute atomic E-state index is 0.698. The van der Waals surface area contributed by atoms with E-state index in [2.05, 4.69) is 29.0 Å². The Kier molecular flexibility index (Phi) is 4.53. The molecule has 0 aromatic carbocycles. The van der Waals surface area contributed by atoms with Gasteiger partial charge in [0.1, 0.15) is 0 Å². The van der Waals surface area contributed by atoms with Crippen LogP contribution in [-0.4, -0.2) is 53.4 Å². The maximum atomic E-state index is 4.59. The summed E-state index contributed by atoms with van der Waals surface area (Å²) < 4.78 is 0. The van der Waals surface area contributed by atoms with Crippen molar-refractivity contribution in [2.24, 2.45) is 5.10 Å². The van der Waals surface area contributed by atoms with Crippen LogP contribution in [0.2, 0.25) is 0 Å². The van der Waals surface area contributed by atoms with Gasteiger partial charge in [-0.1, -0.05) is 6.92 Å². The summed E-state index contributed by atoms with van der Waals surface area (Å²) in [6.45, 7) is 7.26. The molecule has 1 unspecified atom stereocenters. The molecule has 0 aromatic heterocycles. The van der Waals surface area contributed by atoms with Crippen molar-refractivity contribution in [3.63, 3.8) is 0 Å². The Morgan fingerprint density at radius 1 is 1.38 bits per heavy atom. The van der Waals surface area contributed by atoms with Crippen LogP contribution in [0.25, 0.3) is 0 Å². The highest BCUT2D eigenvalue weighted by Crippen LogP contribution is 2.22. The average molecular weight is 241 g/mol. The van der Waals surface area contributed by atoms with E-state index in [-0.39, 0.29) is 0 Å².